The van der Waals surface area contributed by atoms with Crippen LogP contribution in [-0.4, -0.2) is 14.9 Å². The summed E-state index contributed by atoms with van der Waals surface area (Å²) in [5.41, 5.74) is 1.73. The Hall–Kier alpha value is -2.52. The van der Waals surface area contributed by atoms with Crippen molar-refractivity contribution < 1.29 is 14.1 Å². The van der Waals surface area contributed by atoms with Gasteiger partial charge in [0.2, 0.25) is 17.6 Å². The van der Waals surface area contributed by atoms with Crippen molar-refractivity contribution in [2.45, 2.75) is 0 Å². The number of anilines is 1. The molecule has 104 valence electrons. The number of hydrazine groups is 1. The average Bonchev–Trinajstić information content (AvgIpc) is 2.41. The van der Waals surface area contributed by atoms with Gasteiger partial charge in [0.05, 0.1) is 11.1 Å². The molecule has 3 N–H and O–H groups in total. The van der Waals surface area contributed by atoms with Gasteiger partial charge < -0.3 is 4.74 Å². The number of aromatic nitrogens is 2. The minimum absolute atomic E-state index is 0.0107. The smallest absolute Gasteiger partial charge is 0.311 e. The maximum atomic E-state index is 13.2. The molecule has 0 amide bonds. The Labute approximate surface area is 116 Å². The van der Waals surface area contributed by atoms with Crippen LogP contribution in [-0.2, 0) is 0 Å². The highest BCUT2D eigenvalue weighted by Crippen LogP contribution is 2.34. The third-order valence-electron chi connectivity index (χ3n) is 2.17. The Bertz CT molecular complexity index is 669. The van der Waals surface area contributed by atoms with Crippen LogP contribution in [0.25, 0.3) is 0 Å². The molecule has 0 saturated carbocycles. The number of ether oxygens (including phenoxy) is 1. The normalized spacial score (nSPS) is 10.2. The maximum Gasteiger partial charge on any atom is 0.311 e. The summed E-state index contributed by atoms with van der Waals surface area (Å²) in [7, 11) is 0. The zero-order valence-corrected chi connectivity index (χ0v) is 10.5. The molecule has 0 unspecified atom stereocenters. The number of hydrogen-bond donors (Lipinski definition) is 2. The van der Waals surface area contributed by atoms with Crippen LogP contribution < -0.4 is 16.0 Å². The lowest BCUT2D eigenvalue weighted by Crippen LogP contribution is -2.10. The van der Waals surface area contributed by atoms with Crippen LogP contribution in [0.4, 0.5) is 16.0 Å². The molecule has 10 heteroatoms. The number of nitro benzene ring substituents is 1. The number of nitrogens with zero attached hydrogens (tertiary/aromatic N) is 3. The first kappa shape index (κ1) is 13.9. The lowest BCUT2D eigenvalue weighted by atomic mass is 10.3. The van der Waals surface area contributed by atoms with Crippen LogP contribution in [0.15, 0.2) is 24.4 Å². The lowest BCUT2D eigenvalue weighted by Gasteiger charge is -2.08. The van der Waals surface area contributed by atoms with Crippen LogP contribution in [0, 0.1) is 15.9 Å². The second-order valence-corrected chi connectivity index (χ2v) is 3.87. The summed E-state index contributed by atoms with van der Waals surface area (Å²) in [6, 6.07) is 2.77. The van der Waals surface area contributed by atoms with Crippen LogP contribution in [0.2, 0.25) is 5.02 Å². The quantitative estimate of drug-likeness (QED) is 0.505. The summed E-state index contributed by atoms with van der Waals surface area (Å²) in [4.78, 5) is 17.6. The van der Waals surface area contributed by atoms with Gasteiger partial charge in [-0.05, 0) is 6.07 Å². The van der Waals surface area contributed by atoms with E-state index in [1.54, 1.807) is 0 Å². The highest BCUT2D eigenvalue weighted by Gasteiger charge is 2.19. The van der Waals surface area contributed by atoms with Crippen LogP contribution in [0.1, 0.15) is 0 Å². The highest BCUT2D eigenvalue weighted by atomic mass is 35.5. The molecule has 0 aliphatic heterocycles. The van der Waals surface area contributed by atoms with E-state index in [1.165, 1.54) is 6.20 Å². The molecule has 0 radical (unpaired) electrons. The molecule has 1 aromatic carbocycles. The van der Waals surface area contributed by atoms with E-state index in [1.807, 2.05) is 0 Å². The second-order valence-electron chi connectivity index (χ2n) is 3.46. The van der Waals surface area contributed by atoms with Crippen molar-refractivity contribution in [1.82, 2.24) is 9.97 Å². The van der Waals surface area contributed by atoms with Crippen LogP contribution in [0.5, 0.6) is 11.6 Å². The van der Waals surface area contributed by atoms with Gasteiger partial charge in [0.15, 0.2) is 0 Å². The molecule has 0 aliphatic carbocycles. The van der Waals surface area contributed by atoms with Gasteiger partial charge in [-0.3, -0.25) is 15.5 Å². The van der Waals surface area contributed by atoms with Gasteiger partial charge in [-0.1, -0.05) is 11.6 Å². The number of nitrogens with one attached hydrogen (secondary N) is 1. The molecule has 0 saturated heterocycles. The number of rotatable bonds is 4. The van der Waals surface area contributed by atoms with Crippen molar-refractivity contribution in [3.8, 4) is 11.6 Å². The van der Waals surface area contributed by atoms with Crippen molar-refractivity contribution in [3.05, 3.63) is 45.4 Å². The maximum absolute atomic E-state index is 13.2. The standard InChI is InChI=1S/C10H7ClFN5O3/c11-6-4-14-10(16-13)15-9(6)20-8-3-5(12)1-2-7(8)17(18)19/h1-4H,13H2,(H,14,15,16). The molecular formula is C10H7ClFN5O3. The monoisotopic (exact) mass is 299 g/mol. The molecule has 0 bridgehead atoms. The van der Waals surface area contributed by atoms with Gasteiger partial charge in [0, 0.05) is 12.1 Å². The molecule has 0 spiro atoms. The van der Waals surface area contributed by atoms with Crippen molar-refractivity contribution >= 4 is 23.2 Å². The molecule has 0 atom stereocenters. The van der Waals surface area contributed by atoms with E-state index in [2.05, 4.69) is 15.4 Å². The van der Waals surface area contributed by atoms with E-state index >= 15 is 0 Å². The first-order valence-corrected chi connectivity index (χ1v) is 5.50. The molecule has 1 aromatic heterocycles. The summed E-state index contributed by atoms with van der Waals surface area (Å²) < 4.78 is 18.3. The van der Waals surface area contributed by atoms with E-state index in [4.69, 9.17) is 22.2 Å². The minimum atomic E-state index is -0.716. The topological polar surface area (TPSA) is 116 Å². The second kappa shape index (κ2) is 5.63. The Morgan fingerprint density at radius 3 is 2.90 bits per heavy atom. The fourth-order valence-corrected chi connectivity index (χ4v) is 1.45. The number of nitro groups is 1. The summed E-state index contributed by atoms with van der Waals surface area (Å²) in [6.45, 7) is 0. The number of benzene rings is 1. The molecule has 0 aliphatic rings. The zero-order valence-electron chi connectivity index (χ0n) is 9.71. The Kier molecular flexibility index (Phi) is 3.91. The SMILES string of the molecule is NNc1ncc(Cl)c(Oc2cc(F)ccc2[N+](=O)[O-])n1. The first-order valence-electron chi connectivity index (χ1n) is 5.12. The van der Waals surface area contributed by atoms with E-state index in [0.717, 1.165) is 18.2 Å². The van der Waals surface area contributed by atoms with Crippen LogP contribution in [0.3, 0.4) is 0 Å². The molecule has 2 rings (SSSR count). The van der Waals surface area contributed by atoms with E-state index in [0.29, 0.717) is 0 Å². The predicted molar refractivity (Wildman–Crippen MR) is 68.0 cm³/mol. The molecule has 0 fully saturated rings. The summed E-state index contributed by atoms with van der Waals surface area (Å²) >= 11 is 5.79. The van der Waals surface area contributed by atoms with Crippen molar-refractivity contribution in [2.75, 3.05) is 5.43 Å². The predicted octanol–water partition coefficient (Wildman–Crippen LogP) is 2.26. The van der Waals surface area contributed by atoms with Crippen molar-refractivity contribution in [1.29, 1.82) is 0 Å². The summed E-state index contributed by atoms with van der Waals surface area (Å²) in [6.07, 6.45) is 1.18. The van der Waals surface area contributed by atoms with E-state index in [-0.39, 0.29) is 22.6 Å². The summed E-state index contributed by atoms with van der Waals surface area (Å²) in [5.74, 6) is 3.88. The van der Waals surface area contributed by atoms with E-state index < -0.39 is 16.4 Å². The molecule has 8 nitrogen and oxygen atoms in total. The Morgan fingerprint density at radius 2 is 2.25 bits per heavy atom. The van der Waals surface area contributed by atoms with Crippen molar-refractivity contribution in [2.24, 2.45) is 5.84 Å². The fraction of sp³-hybridized carbons (Fsp3) is 0. The minimum Gasteiger partial charge on any atom is -0.430 e. The largest absolute Gasteiger partial charge is 0.430 e. The third kappa shape index (κ3) is 2.90. The highest BCUT2D eigenvalue weighted by molar-refractivity contribution is 6.31. The first-order chi connectivity index (χ1) is 9.51. The van der Waals surface area contributed by atoms with Gasteiger partial charge in [0.1, 0.15) is 10.8 Å². The number of nitrogens with two attached hydrogens (primary N) is 1. The Balaban J connectivity index is 2.43. The van der Waals surface area contributed by atoms with Gasteiger partial charge in [-0.2, -0.15) is 4.98 Å². The summed E-state index contributed by atoms with van der Waals surface area (Å²) in [5, 5.41) is 10.8. The van der Waals surface area contributed by atoms with Gasteiger partial charge in [-0.15, -0.1) is 0 Å². The number of hydrogen-bond acceptors (Lipinski definition) is 7. The number of nitrogen functional groups attached to an aromatic ring is 1. The molecule has 1 heterocycles. The molecule has 2 aromatic rings. The Morgan fingerprint density at radius 1 is 1.50 bits per heavy atom. The number of halogens is 2. The molecule has 20 heavy (non-hydrogen) atoms. The van der Waals surface area contributed by atoms with Gasteiger partial charge in [0.25, 0.3) is 0 Å². The average molecular weight is 300 g/mol. The fourth-order valence-electron chi connectivity index (χ4n) is 1.32. The van der Waals surface area contributed by atoms with E-state index in [9.17, 15) is 14.5 Å². The van der Waals surface area contributed by atoms with Gasteiger partial charge >= 0.3 is 5.69 Å². The van der Waals surface area contributed by atoms with Crippen molar-refractivity contribution in [3.63, 3.8) is 0 Å². The lowest BCUT2D eigenvalue weighted by molar-refractivity contribution is -0.385. The van der Waals surface area contributed by atoms with Crippen LogP contribution >= 0.6 is 11.6 Å². The van der Waals surface area contributed by atoms with Gasteiger partial charge in [-0.25, -0.2) is 15.2 Å². The zero-order chi connectivity index (χ0) is 14.7. The third-order valence-corrected chi connectivity index (χ3v) is 2.43. The molecular weight excluding hydrogens is 293 g/mol.